The van der Waals surface area contributed by atoms with Gasteiger partial charge in [0.2, 0.25) is 5.91 Å². The normalized spacial score (nSPS) is 17.2. The van der Waals surface area contributed by atoms with E-state index in [1.165, 1.54) is 11.8 Å². The first-order chi connectivity index (χ1) is 11.5. The average Bonchev–Trinajstić information content (AvgIpc) is 2.95. The van der Waals surface area contributed by atoms with Gasteiger partial charge in [0.05, 0.1) is 0 Å². The Hall–Kier alpha value is -1.82. The van der Waals surface area contributed by atoms with Crippen molar-refractivity contribution in [2.24, 2.45) is 5.92 Å². The number of nitrogens with zero attached hydrogens (tertiary/aromatic N) is 2. The summed E-state index contributed by atoms with van der Waals surface area (Å²) in [6, 6.07) is 7.25. The molecule has 0 N–H and O–H groups in total. The van der Waals surface area contributed by atoms with E-state index in [-0.39, 0.29) is 22.8 Å². The Morgan fingerprint density at radius 1 is 1.29 bits per heavy atom. The molecule has 130 valence electrons. The molecular formula is C18H24N2O3S. The maximum absolute atomic E-state index is 12.5. The molecule has 1 atom stereocenters. The van der Waals surface area contributed by atoms with Crippen molar-refractivity contribution in [3.8, 4) is 0 Å². The fourth-order valence-corrected chi connectivity index (χ4v) is 3.57. The number of anilines is 1. The molecule has 24 heavy (non-hydrogen) atoms. The van der Waals surface area contributed by atoms with Gasteiger partial charge in [-0.3, -0.25) is 14.4 Å². The molecule has 1 aliphatic heterocycles. The predicted octanol–water partition coefficient (Wildman–Crippen LogP) is 2.80. The lowest BCUT2D eigenvalue weighted by Crippen LogP contribution is -2.31. The van der Waals surface area contributed by atoms with E-state index in [1.54, 1.807) is 28.9 Å². The number of hydrogen-bond acceptors (Lipinski definition) is 4. The van der Waals surface area contributed by atoms with Crippen molar-refractivity contribution < 1.29 is 14.4 Å². The zero-order valence-electron chi connectivity index (χ0n) is 14.4. The molecule has 1 fully saturated rings. The van der Waals surface area contributed by atoms with Crippen molar-refractivity contribution in [3.63, 3.8) is 0 Å². The molecule has 2 amide bonds. The van der Waals surface area contributed by atoms with Gasteiger partial charge in [0, 0.05) is 50.0 Å². The summed E-state index contributed by atoms with van der Waals surface area (Å²) in [6.45, 7) is 7.36. The SMILES string of the molecule is CCN(CC)C(=O)c1cccc(N2CC(CSC(C)=O)CC2=O)c1. The zero-order chi connectivity index (χ0) is 17.7. The summed E-state index contributed by atoms with van der Waals surface area (Å²) in [5.41, 5.74) is 1.36. The largest absolute Gasteiger partial charge is 0.339 e. The summed E-state index contributed by atoms with van der Waals surface area (Å²) in [7, 11) is 0. The molecule has 1 saturated heterocycles. The molecule has 1 unspecified atom stereocenters. The van der Waals surface area contributed by atoms with Crippen LogP contribution in [0.4, 0.5) is 5.69 Å². The molecule has 0 saturated carbocycles. The Bertz CT molecular complexity index is 628. The number of thioether (sulfide) groups is 1. The summed E-state index contributed by atoms with van der Waals surface area (Å²) in [5, 5.41) is 0.0766. The molecule has 0 radical (unpaired) electrons. The number of rotatable bonds is 6. The van der Waals surface area contributed by atoms with Crippen LogP contribution in [0.2, 0.25) is 0 Å². The molecule has 0 aromatic heterocycles. The molecule has 1 aliphatic rings. The van der Waals surface area contributed by atoms with Gasteiger partial charge in [0.1, 0.15) is 0 Å². The van der Waals surface area contributed by atoms with Crippen LogP contribution in [0.15, 0.2) is 24.3 Å². The van der Waals surface area contributed by atoms with Crippen molar-refractivity contribution >= 4 is 34.4 Å². The molecule has 6 heteroatoms. The lowest BCUT2D eigenvalue weighted by molar-refractivity contribution is -0.117. The maximum Gasteiger partial charge on any atom is 0.253 e. The lowest BCUT2D eigenvalue weighted by Gasteiger charge is -2.21. The predicted molar refractivity (Wildman–Crippen MR) is 97.3 cm³/mol. The number of benzene rings is 1. The Balaban J connectivity index is 2.12. The van der Waals surface area contributed by atoms with Gasteiger partial charge in [-0.2, -0.15) is 0 Å². The van der Waals surface area contributed by atoms with E-state index < -0.39 is 0 Å². The van der Waals surface area contributed by atoms with Crippen molar-refractivity contribution in [2.45, 2.75) is 27.2 Å². The van der Waals surface area contributed by atoms with Crippen LogP contribution in [-0.4, -0.2) is 47.2 Å². The van der Waals surface area contributed by atoms with E-state index in [2.05, 4.69) is 0 Å². The third kappa shape index (κ3) is 4.38. The molecule has 1 heterocycles. The highest BCUT2D eigenvalue weighted by Crippen LogP contribution is 2.28. The van der Waals surface area contributed by atoms with Crippen LogP contribution in [0.5, 0.6) is 0 Å². The first-order valence-electron chi connectivity index (χ1n) is 8.29. The lowest BCUT2D eigenvalue weighted by atomic mass is 10.1. The summed E-state index contributed by atoms with van der Waals surface area (Å²) in [5.74, 6) is 0.873. The summed E-state index contributed by atoms with van der Waals surface area (Å²) in [4.78, 5) is 39.4. The third-order valence-electron chi connectivity index (χ3n) is 4.18. The van der Waals surface area contributed by atoms with Gasteiger partial charge in [-0.05, 0) is 38.0 Å². The third-order valence-corrected chi connectivity index (χ3v) is 5.23. The fourth-order valence-electron chi connectivity index (χ4n) is 2.88. The van der Waals surface area contributed by atoms with Crippen molar-refractivity contribution in [2.75, 3.05) is 30.3 Å². The number of carbonyl (C=O) groups excluding carboxylic acids is 3. The van der Waals surface area contributed by atoms with E-state index in [0.717, 1.165) is 5.69 Å². The van der Waals surface area contributed by atoms with Gasteiger partial charge in [-0.15, -0.1) is 0 Å². The molecule has 0 bridgehead atoms. The van der Waals surface area contributed by atoms with Crippen LogP contribution in [0.25, 0.3) is 0 Å². The Kier molecular flexibility index (Phi) is 6.43. The Labute approximate surface area is 147 Å². The molecule has 0 aliphatic carbocycles. The van der Waals surface area contributed by atoms with E-state index in [0.29, 0.717) is 37.4 Å². The first-order valence-corrected chi connectivity index (χ1v) is 9.27. The van der Waals surface area contributed by atoms with Gasteiger partial charge in [-0.1, -0.05) is 17.8 Å². The maximum atomic E-state index is 12.5. The molecule has 1 aromatic carbocycles. The van der Waals surface area contributed by atoms with Gasteiger partial charge in [-0.25, -0.2) is 0 Å². The standard InChI is InChI=1S/C18H24N2O3S/c1-4-19(5-2)18(23)15-7-6-8-16(10-15)20-11-14(9-17(20)22)12-24-13(3)21/h6-8,10,14H,4-5,9,11-12H2,1-3H3. The van der Waals surface area contributed by atoms with E-state index in [4.69, 9.17) is 0 Å². The second kappa shape index (κ2) is 8.33. The van der Waals surface area contributed by atoms with Crippen LogP contribution in [0, 0.1) is 5.92 Å². The first kappa shape index (κ1) is 18.5. The van der Waals surface area contributed by atoms with Gasteiger partial charge < -0.3 is 9.80 Å². The minimum atomic E-state index is -0.0165. The monoisotopic (exact) mass is 348 g/mol. The minimum Gasteiger partial charge on any atom is -0.339 e. The van der Waals surface area contributed by atoms with E-state index in [1.807, 2.05) is 26.0 Å². The van der Waals surface area contributed by atoms with Crippen molar-refractivity contribution in [3.05, 3.63) is 29.8 Å². The zero-order valence-corrected chi connectivity index (χ0v) is 15.3. The van der Waals surface area contributed by atoms with E-state index >= 15 is 0 Å². The molecule has 2 rings (SSSR count). The van der Waals surface area contributed by atoms with Crippen molar-refractivity contribution in [1.29, 1.82) is 0 Å². The Morgan fingerprint density at radius 2 is 2.00 bits per heavy atom. The molecule has 5 nitrogen and oxygen atoms in total. The molecule has 0 spiro atoms. The van der Waals surface area contributed by atoms with Gasteiger partial charge >= 0.3 is 0 Å². The fraction of sp³-hybridized carbons (Fsp3) is 0.500. The van der Waals surface area contributed by atoms with E-state index in [9.17, 15) is 14.4 Å². The van der Waals surface area contributed by atoms with Crippen LogP contribution in [0.3, 0.4) is 0 Å². The number of carbonyl (C=O) groups is 3. The Morgan fingerprint density at radius 3 is 2.62 bits per heavy atom. The van der Waals surface area contributed by atoms with Crippen LogP contribution in [0.1, 0.15) is 37.6 Å². The highest BCUT2D eigenvalue weighted by atomic mass is 32.2. The minimum absolute atomic E-state index is 0.0165. The van der Waals surface area contributed by atoms with Gasteiger partial charge in [0.25, 0.3) is 5.91 Å². The number of hydrogen-bond donors (Lipinski definition) is 0. The second-order valence-corrected chi connectivity index (χ2v) is 7.10. The quantitative estimate of drug-likeness (QED) is 0.793. The van der Waals surface area contributed by atoms with Crippen LogP contribution >= 0.6 is 11.8 Å². The highest BCUT2D eigenvalue weighted by molar-refractivity contribution is 8.13. The molecular weight excluding hydrogens is 324 g/mol. The van der Waals surface area contributed by atoms with Crippen LogP contribution < -0.4 is 4.90 Å². The average molecular weight is 348 g/mol. The van der Waals surface area contributed by atoms with Crippen molar-refractivity contribution in [1.82, 2.24) is 4.90 Å². The molecule has 1 aromatic rings. The number of amides is 2. The topological polar surface area (TPSA) is 57.7 Å². The summed E-state index contributed by atoms with van der Waals surface area (Å²) >= 11 is 1.27. The highest BCUT2D eigenvalue weighted by Gasteiger charge is 2.31. The summed E-state index contributed by atoms with van der Waals surface area (Å²) < 4.78 is 0. The van der Waals surface area contributed by atoms with Gasteiger partial charge in [0.15, 0.2) is 5.12 Å². The smallest absolute Gasteiger partial charge is 0.253 e. The second-order valence-electron chi connectivity index (χ2n) is 5.90. The summed E-state index contributed by atoms with van der Waals surface area (Å²) in [6.07, 6.45) is 0.453. The van der Waals surface area contributed by atoms with Crippen LogP contribution in [-0.2, 0) is 9.59 Å².